The van der Waals surface area contributed by atoms with E-state index in [4.69, 9.17) is 14.2 Å². The molecule has 0 fully saturated rings. The Morgan fingerprint density at radius 2 is 0.575 bits per heavy atom. The van der Waals surface area contributed by atoms with E-state index in [0.717, 1.165) is 96.3 Å². The Hall–Kier alpha value is -3.41. The number of esters is 3. The number of allylic oxidation sites excluding steroid dienone is 14. The van der Waals surface area contributed by atoms with Crippen molar-refractivity contribution in [2.45, 2.75) is 309 Å². The summed E-state index contributed by atoms with van der Waals surface area (Å²) in [5.74, 6) is -0.910. The summed E-state index contributed by atoms with van der Waals surface area (Å²) in [7, 11) is 0. The molecule has 0 rings (SSSR count). The lowest BCUT2D eigenvalue weighted by atomic mass is 10.0. The molecule has 0 heterocycles. The monoisotopic (exact) mass is 1020 g/mol. The van der Waals surface area contributed by atoms with Crippen LogP contribution in [0.5, 0.6) is 0 Å². The second-order valence-corrected chi connectivity index (χ2v) is 20.6. The molecule has 0 aromatic carbocycles. The van der Waals surface area contributed by atoms with Crippen LogP contribution in [0.4, 0.5) is 0 Å². The van der Waals surface area contributed by atoms with Gasteiger partial charge in [-0.2, -0.15) is 0 Å². The summed E-state index contributed by atoms with van der Waals surface area (Å²) >= 11 is 0. The van der Waals surface area contributed by atoms with Crippen LogP contribution in [0.2, 0.25) is 0 Å². The quantitative estimate of drug-likeness (QED) is 0.0199. The average molecular weight is 1020 g/mol. The van der Waals surface area contributed by atoms with Gasteiger partial charge in [-0.05, 0) is 89.9 Å². The van der Waals surface area contributed by atoms with Crippen molar-refractivity contribution in [3.8, 4) is 0 Å². The molecule has 420 valence electrons. The Bertz CT molecular complexity index is 1400. The van der Waals surface area contributed by atoms with Crippen LogP contribution in [-0.2, 0) is 28.6 Å². The highest BCUT2D eigenvalue weighted by molar-refractivity contribution is 5.71. The second-order valence-electron chi connectivity index (χ2n) is 20.6. The first-order valence-electron chi connectivity index (χ1n) is 31.1. The predicted octanol–water partition coefficient (Wildman–Crippen LogP) is 21.1. The van der Waals surface area contributed by atoms with E-state index in [0.29, 0.717) is 19.3 Å². The van der Waals surface area contributed by atoms with Crippen molar-refractivity contribution in [2.75, 3.05) is 13.2 Å². The highest BCUT2D eigenvalue weighted by Gasteiger charge is 2.19. The van der Waals surface area contributed by atoms with Crippen LogP contribution in [0.15, 0.2) is 85.1 Å². The molecule has 0 saturated heterocycles. The summed E-state index contributed by atoms with van der Waals surface area (Å²) in [6.07, 6.45) is 80.0. The van der Waals surface area contributed by atoms with Crippen LogP contribution in [0.1, 0.15) is 303 Å². The fourth-order valence-corrected chi connectivity index (χ4v) is 8.76. The van der Waals surface area contributed by atoms with Crippen molar-refractivity contribution in [2.24, 2.45) is 0 Å². The standard InChI is InChI=1S/C67H116O6/c1-4-7-10-13-16-19-22-25-28-31-33-36-39-42-45-48-51-54-57-60-66(69)72-63-64(62-71-65(68)59-56-53-50-47-44-41-38-35-30-27-24-21-18-15-12-9-6-3)73-67(70)61-58-55-52-49-46-43-40-37-34-32-29-26-23-20-17-14-11-8-5-2/h7,10,16-17,19-20,23,25-26,28,33,36,42,45,64H,4-6,8-9,11-15,18,21-22,24,27,29-32,34-35,37-41,43-44,46-63H2,1-3H3/b10-7-,19-16-,20-17-,26-23-,28-25-,36-33-,45-42-. The maximum atomic E-state index is 12.9. The molecule has 0 bridgehead atoms. The van der Waals surface area contributed by atoms with Crippen LogP contribution in [0, 0.1) is 0 Å². The van der Waals surface area contributed by atoms with Crippen molar-refractivity contribution < 1.29 is 28.6 Å². The average Bonchev–Trinajstić information content (AvgIpc) is 3.39. The minimum absolute atomic E-state index is 0.0860. The van der Waals surface area contributed by atoms with Crippen molar-refractivity contribution >= 4 is 17.9 Å². The lowest BCUT2D eigenvalue weighted by Gasteiger charge is -2.18. The Morgan fingerprint density at radius 3 is 0.959 bits per heavy atom. The number of ether oxygens (including phenoxy) is 3. The number of carbonyl (C=O) groups is 3. The highest BCUT2D eigenvalue weighted by Crippen LogP contribution is 2.16. The third-order valence-corrected chi connectivity index (χ3v) is 13.4. The molecular formula is C67H116O6. The zero-order valence-electron chi connectivity index (χ0n) is 48.1. The van der Waals surface area contributed by atoms with Gasteiger partial charge in [-0.3, -0.25) is 14.4 Å². The second kappa shape index (κ2) is 61.1. The molecule has 0 amide bonds. The lowest BCUT2D eigenvalue weighted by molar-refractivity contribution is -0.167. The van der Waals surface area contributed by atoms with Crippen molar-refractivity contribution in [1.82, 2.24) is 0 Å². The minimum atomic E-state index is -0.792. The summed E-state index contributed by atoms with van der Waals surface area (Å²) in [5, 5.41) is 0. The van der Waals surface area contributed by atoms with Crippen molar-refractivity contribution in [3.05, 3.63) is 85.1 Å². The molecule has 6 nitrogen and oxygen atoms in total. The fraction of sp³-hybridized carbons (Fsp3) is 0.746. The molecule has 0 aliphatic heterocycles. The lowest BCUT2D eigenvalue weighted by Crippen LogP contribution is -2.30. The Morgan fingerprint density at radius 1 is 0.301 bits per heavy atom. The summed E-state index contributed by atoms with van der Waals surface area (Å²) in [6, 6.07) is 0. The van der Waals surface area contributed by atoms with Gasteiger partial charge in [-0.25, -0.2) is 0 Å². The molecule has 0 radical (unpaired) electrons. The Labute approximate surface area is 452 Å². The van der Waals surface area contributed by atoms with E-state index in [2.05, 4.69) is 106 Å². The number of unbranched alkanes of at least 4 members (excludes halogenated alkanes) is 32. The largest absolute Gasteiger partial charge is 0.462 e. The number of rotatable bonds is 56. The molecule has 0 aromatic rings. The van der Waals surface area contributed by atoms with Gasteiger partial charge in [-0.15, -0.1) is 0 Å². The van der Waals surface area contributed by atoms with Gasteiger partial charge < -0.3 is 14.2 Å². The molecule has 6 heteroatoms. The smallest absolute Gasteiger partial charge is 0.306 e. The number of carbonyl (C=O) groups excluding carboxylic acids is 3. The molecule has 73 heavy (non-hydrogen) atoms. The SMILES string of the molecule is CC/C=C\C/C=C\C/C=C\C/C=C\C/C=C\CCCCCC(=O)OCC(COC(=O)CCCCCCCCCCCCCCCCCCC)OC(=O)CCCCCCCCCCCC/C=C\C=C/CCCCC. The molecule has 0 aromatic heterocycles. The van der Waals surface area contributed by atoms with E-state index in [9.17, 15) is 14.4 Å². The zero-order chi connectivity index (χ0) is 52.9. The molecule has 0 N–H and O–H groups in total. The van der Waals surface area contributed by atoms with Crippen LogP contribution < -0.4 is 0 Å². The van der Waals surface area contributed by atoms with E-state index in [-0.39, 0.29) is 31.1 Å². The number of hydrogen-bond acceptors (Lipinski definition) is 6. The van der Waals surface area contributed by atoms with Crippen molar-refractivity contribution in [1.29, 1.82) is 0 Å². The zero-order valence-corrected chi connectivity index (χ0v) is 48.1. The van der Waals surface area contributed by atoms with Gasteiger partial charge in [0.1, 0.15) is 13.2 Å². The van der Waals surface area contributed by atoms with Gasteiger partial charge in [0.05, 0.1) is 0 Å². The molecule has 0 aliphatic carbocycles. The minimum Gasteiger partial charge on any atom is -0.462 e. The van der Waals surface area contributed by atoms with Gasteiger partial charge in [0.2, 0.25) is 0 Å². The van der Waals surface area contributed by atoms with Crippen molar-refractivity contribution in [3.63, 3.8) is 0 Å². The first-order valence-corrected chi connectivity index (χ1v) is 31.1. The maximum Gasteiger partial charge on any atom is 0.306 e. The third-order valence-electron chi connectivity index (χ3n) is 13.4. The van der Waals surface area contributed by atoms with Crippen LogP contribution >= 0.6 is 0 Å². The topological polar surface area (TPSA) is 78.9 Å². The summed E-state index contributed by atoms with van der Waals surface area (Å²) in [5.41, 5.74) is 0. The van der Waals surface area contributed by atoms with Gasteiger partial charge in [0.15, 0.2) is 6.10 Å². The Kier molecular flexibility index (Phi) is 58.3. The fourth-order valence-electron chi connectivity index (χ4n) is 8.76. The van der Waals surface area contributed by atoms with E-state index in [1.807, 2.05) is 0 Å². The first kappa shape index (κ1) is 69.6. The van der Waals surface area contributed by atoms with E-state index in [1.165, 1.54) is 167 Å². The third kappa shape index (κ3) is 59.3. The van der Waals surface area contributed by atoms with Crippen LogP contribution in [-0.4, -0.2) is 37.2 Å². The van der Waals surface area contributed by atoms with Crippen LogP contribution in [0.3, 0.4) is 0 Å². The molecule has 0 saturated carbocycles. The van der Waals surface area contributed by atoms with E-state index >= 15 is 0 Å². The highest BCUT2D eigenvalue weighted by atomic mass is 16.6. The van der Waals surface area contributed by atoms with E-state index in [1.54, 1.807) is 0 Å². The van der Waals surface area contributed by atoms with Gasteiger partial charge >= 0.3 is 17.9 Å². The normalized spacial score (nSPS) is 12.6. The molecular weight excluding hydrogens is 901 g/mol. The molecule has 1 atom stereocenters. The molecule has 0 aliphatic rings. The summed E-state index contributed by atoms with van der Waals surface area (Å²) in [4.78, 5) is 38.3. The van der Waals surface area contributed by atoms with E-state index < -0.39 is 6.10 Å². The van der Waals surface area contributed by atoms with Gasteiger partial charge in [0, 0.05) is 19.3 Å². The predicted molar refractivity (Wildman–Crippen MR) is 316 cm³/mol. The maximum absolute atomic E-state index is 12.9. The summed E-state index contributed by atoms with van der Waals surface area (Å²) < 4.78 is 16.9. The number of hydrogen-bond donors (Lipinski definition) is 0. The van der Waals surface area contributed by atoms with Gasteiger partial charge in [0.25, 0.3) is 0 Å². The van der Waals surface area contributed by atoms with Crippen LogP contribution in [0.25, 0.3) is 0 Å². The first-order chi connectivity index (χ1) is 36.0. The summed E-state index contributed by atoms with van der Waals surface area (Å²) in [6.45, 7) is 6.50. The molecule has 0 spiro atoms. The molecule has 1 unspecified atom stereocenters. The Balaban J connectivity index is 4.43. The van der Waals surface area contributed by atoms with Gasteiger partial charge in [-0.1, -0.05) is 279 Å².